The van der Waals surface area contributed by atoms with Gasteiger partial charge in [-0.1, -0.05) is 23.2 Å². The van der Waals surface area contributed by atoms with E-state index in [-0.39, 0.29) is 5.57 Å². The van der Waals surface area contributed by atoms with Crippen LogP contribution in [0.3, 0.4) is 0 Å². The monoisotopic (exact) mass is 313 g/mol. The van der Waals surface area contributed by atoms with Gasteiger partial charge in [0.25, 0.3) is 5.91 Å². The summed E-state index contributed by atoms with van der Waals surface area (Å²) in [4.78, 5) is 21.8. The Morgan fingerprint density at radius 3 is 2.70 bits per heavy atom. The summed E-state index contributed by atoms with van der Waals surface area (Å²) in [7, 11) is 0. The van der Waals surface area contributed by atoms with Crippen molar-refractivity contribution in [3.05, 3.63) is 40.0 Å². The van der Waals surface area contributed by atoms with Gasteiger partial charge in [0.05, 0.1) is 10.7 Å². The van der Waals surface area contributed by atoms with Crippen molar-refractivity contribution in [2.75, 3.05) is 11.9 Å². The first-order valence-corrected chi connectivity index (χ1v) is 6.01. The molecule has 0 spiro atoms. The van der Waals surface area contributed by atoms with E-state index in [4.69, 9.17) is 33.6 Å². The fraction of sp³-hybridized carbons (Fsp3) is 0.0833. The predicted molar refractivity (Wildman–Crippen MR) is 74.4 cm³/mol. The summed E-state index contributed by atoms with van der Waals surface area (Å²) in [5.41, 5.74) is 0.125. The second kappa shape index (κ2) is 7.38. The first-order chi connectivity index (χ1) is 9.43. The van der Waals surface area contributed by atoms with Crippen LogP contribution in [-0.4, -0.2) is 23.5 Å². The van der Waals surface area contributed by atoms with E-state index in [2.05, 4.69) is 10.6 Å². The molecule has 0 radical (unpaired) electrons. The Morgan fingerprint density at radius 2 is 2.10 bits per heavy atom. The van der Waals surface area contributed by atoms with Crippen molar-refractivity contribution in [3.63, 3.8) is 0 Å². The molecule has 0 aliphatic carbocycles. The molecule has 0 unspecified atom stereocenters. The van der Waals surface area contributed by atoms with Crippen LogP contribution in [0.15, 0.2) is 30.0 Å². The van der Waals surface area contributed by atoms with Crippen molar-refractivity contribution in [1.29, 1.82) is 5.26 Å². The molecule has 0 fully saturated rings. The Bertz CT molecular complexity index is 608. The fourth-order valence-corrected chi connectivity index (χ4v) is 1.50. The Labute approximate surface area is 124 Å². The van der Waals surface area contributed by atoms with E-state index in [1.54, 1.807) is 18.2 Å². The van der Waals surface area contributed by atoms with Crippen LogP contribution in [0.2, 0.25) is 10.0 Å². The van der Waals surface area contributed by atoms with E-state index < -0.39 is 18.4 Å². The molecule has 0 saturated carbocycles. The molecule has 1 amide bonds. The number of halogens is 2. The summed E-state index contributed by atoms with van der Waals surface area (Å²) in [5, 5.41) is 22.8. The number of nitrogens with one attached hydrogen (secondary N) is 2. The molecule has 8 heteroatoms. The van der Waals surface area contributed by atoms with Crippen molar-refractivity contribution in [2.45, 2.75) is 0 Å². The lowest BCUT2D eigenvalue weighted by atomic mass is 10.2. The minimum Gasteiger partial charge on any atom is -0.480 e. The summed E-state index contributed by atoms with van der Waals surface area (Å²) in [6, 6.07) is 6.30. The van der Waals surface area contributed by atoms with Crippen molar-refractivity contribution < 1.29 is 14.7 Å². The van der Waals surface area contributed by atoms with Crippen LogP contribution in [0, 0.1) is 11.3 Å². The second-order valence-corrected chi connectivity index (χ2v) is 4.36. The Balaban J connectivity index is 2.80. The van der Waals surface area contributed by atoms with Gasteiger partial charge in [-0.3, -0.25) is 9.59 Å². The van der Waals surface area contributed by atoms with Crippen LogP contribution in [0.5, 0.6) is 0 Å². The van der Waals surface area contributed by atoms with E-state index in [0.29, 0.717) is 15.7 Å². The average Bonchev–Trinajstić information content (AvgIpc) is 2.40. The Hall–Kier alpha value is -2.23. The third-order valence-electron chi connectivity index (χ3n) is 2.07. The summed E-state index contributed by atoms with van der Waals surface area (Å²) in [5.74, 6) is -2.01. The highest BCUT2D eigenvalue weighted by molar-refractivity contribution is 6.35. The van der Waals surface area contributed by atoms with Crippen LogP contribution in [0.25, 0.3) is 0 Å². The lowest BCUT2D eigenvalue weighted by Crippen LogP contribution is -2.30. The maximum absolute atomic E-state index is 11.5. The molecule has 0 aliphatic heterocycles. The number of benzene rings is 1. The molecular formula is C12H9Cl2N3O3. The molecule has 104 valence electrons. The van der Waals surface area contributed by atoms with Gasteiger partial charge in [0, 0.05) is 11.2 Å². The van der Waals surface area contributed by atoms with Crippen molar-refractivity contribution in [3.8, 4) is 6.07 Å². The van der Waals surface area contributed by atoms with Crippen LogP contribution in [0.4, 0.5) is 5.69 Å². The normalized spacial score (nSPS) is 10.6. The van der Waals surface area contributed by atoms with Crippen molar-refractivity contribution in [2.24, 2.45) is 0 Å². The number of carboxylic acid groups (broad SMARTS) is 1. The van der Waals surface area contributed by atoms with Gasteiger partial charge in [-0.25, -0.2) is 0 Å². The third kappa shape index (κ3) is 4.80. The van der Waals surface area contributed by atoms with Gasteiger partial charge >= 0.3 is 5.97 Å². The van der Waals surface area contributed by atoms with Crippen LogP contribution < -0.4 is 10.6 Å². The molecule has 0 bridgehead atoms. The highest BCUT2D eigenvalue weighted by Gasteiger charge is 2.10. The quantitative estimate of drug-likeness (QED) is 0.570. The van der Waals surface area contributed by atoms with Gasteiger partial charge < -0.3 is 15.7 Å². The first kappa shape index (κ1) is 15.8. The third-order valence-corrected chi connectivity index (χ3v) is 2.63. The van der Waals surface area contributed by atoms with Gasteiger partial charge in [0.2, 0.25) is 0 Å². The second-order valence-electron chi connectivity index (χ2n) is 3.51. The first-order valence-electron chi connectivity index (χ1n) is 5.26. The fourth-order valence-electron chi connectivity index (χ4n) is 1.16. The Kier molecular flexibility index (Phi) is 5.84. The molecule has 20 heavy (non-hydrogen) atoms. The van der Waals surface area contributed by atoms with E-state index in [1.807, 2.05) is 0 Å². The molecule has 0 atom stereocenters. The largest absolute Gasteiger partial charge is 0.480 e. The minimum absolute atomic E-state index is 0.290. The maximum atomic E-state index is 11.5. The van der Waals surface area contributed by atoms with E-state index in [0.717, 1.165) is 6.20 Å². The number of carbonyl (C=O) groups excluding carboxylic acids is 1. The zero-order valence-corrected chi connectivity index (χ0v) is 11.5. The summed E-state index contributed by atoms with van der Waals surface area (Å²) >= 11 is 11.7. The van der Waals surface area contributed by atoms with Crippen molar-refractivity contribution >= 4 is 40.8 Å². The molecule has 6 nitrogen and oxygen atoms in total. The van der Waals surface area contributed by atoms with Gasteiger partial charge in [0.1, 0.15) is 18.2 Å². The highest BCUT2D eigenvalue weighted by atomic mass is 35.5. The minimum atomic E-state index is -1.21. The van der Waals surface area contributed by atoms with Crippen LogP contribution in [-0.2, 0) is 9.59 Å². The van der Waals surface area contributed by atoms with Gasteiger partial charge in [-0.15, -0.1) is 0 Å². The maximum Gasteiger partial charge on any atom is 0.322 e. The number of carboxylic acids is 1. The van der Waals surface area contributed by atoms with Gasteiger partial charge in [-0.05, 0) is 18.2 Å². The molecule has 0 heterocycles. The molecular weight excluding hydrogens is 305 g/mol. The van der Waals surface area contributed by atoms with Gasteiger partial charge in [-0.2, -0.15) is 5.26 Å². The number of rotatable bonds is 5. The van der Waals surface area contributed by atoms with Crippen LogP contribution in [0.1, 0.15) is 0 Å². The number of amides is 1. The number of carbonyl (C=O) groups is 2. The summed E-state index contributed by atoms with van der Waals surface area (Å²) in [6.45, 7) is -0.574. The standard InChI is InChI=1S/C12H9Cl2N3O3/c13-8-1-2-9(14)10(3-8)16-5-7(4-15)12(20)17-6-11(18)19/h1-3,5,16H,6H2,(H,17,20)(H,18,19)/b7-5-. The zero-order valence-electron chi connectivity index (χ0n) is 9.98. The van der Waals surface area contributed by atoms with Crippen LogP contribution >= 0.6 is 23.2 Å². The molecule has 3 N–H and O–H groups in total. The Morgan fingerprint density at radius 1 is 1.40 bits per heavy atom. The molecule has 1 aromatic carbocycles. The smallest absolute Gasteiger partial charge is 0.322 e. The summed E-state index contributed by atoms with van der Waals surface area (Å²) in [6.07, 6.45) is 1.12. The molecule has 0 saturated heterocycles. The highest BCUT2D eigenvalue weighted by Crippen LogP contribution is 2.25. The number of nitriles is 1. The number of aliphatic carboxylic acids is 1. The lowest BCUT2D eigenvalue weighted by molar-refractivity contribution is -0.137. The topological polar surface area (TPSA) is 102 Å². The zero-order chi connectivity index (χ0) is 15.1. The lowest BCUT2D eigenvalue weighted by Gasteiger charge is -2.05. The number of anilines is 1. The number of hydrogen-bond donors (Lipinski definition) is 3. The SMILES string of the molecule is N#C/C(=C/Nc1cc(Cl)ccc1Cl)C(=O)NCC(=O)O. The van der Waals surface area contributed by atoms with Crippen molar-refractivity contribution in [1.82, 2.24) is 5.32 Å². The van der Waals surface area contributed by atoms with E-state index in [1.165, 1.54) is 6.07 Å². The predicted octanol–water partition coefficient (Wildman–Crippen LogP) is 2.01. The van der Waals surface area contributed by atoms with Gasteiger partial charge in [0.15, 0.2) is 0 Å². The number of hydrogen-bond acceptors (Lipinski definition) is 4. The van der Waals surface area contributed by atoms with E-state index >= 15 is 0 Å². The molecule has 1 aromatic rings. The number of nitrogens with zero attached hydrogens (tertiary/aromatic N) is 1. The average molecular weight is 314 g/mol. The molecule has 1 rings (SSSR count). The molecule has 0 aromatic heterocycles. The summed E-state index contributed by atoms with van der Waals surface area (Å²) < 4.78 is 0. The van der Waals surface area contributed by atoms with E-state index in [9.17, 15) is 9.59 Å². The molecule has 0 aliphatic rings.